The van der Waals surface area contributed by atoms with E-state index in [4.69, 9.17) is 14.2 Å². The zero-order valence-electron chi connectivity index (χ0n) is 16.8. The molecule has 2 heterocycles. The topological polar surface area (TPSA) is 79.1 Å². The number of aromatic nitrogens is 1. The lowest BCUT2D eigenvalue weighted by molar-refractivity contribution is -0.143. The summed E-state index contributed by atoms with van der Waals surface area (Å²) < 4.78 is 18.5. The summed E-state index contributed by atoms with van der Waals surface area (Å²) in [6.45, 7) is 4.25. The number of carbonyl (C=O) groups excluding carboxylic acids is 2. The smallest absolute Gasteiger partial charge is 0.326 e. The molecule has 4 rings (SSSR count). The van der Waals surface area contributed by atoms with E-state index in [0.717, 1.165) is 22.2 Å². The number of thiazole rings is 1. The molecule has 0 aliphatic carbocycles. The Balaban J connectivity index is 1.70. The maximum atomic E-state index is 12.6. The van der Waals surface area contributed by atoms with Crippen molar-refractivity contribution >= 4 is 33.4 Å². The molecule has 0 N–H and O–H groups in total. The molecule has 1 amide bonds. The molecule has 2 aromatic carbocycles. The van der Waals surface area contributed by atoms with E-state index in [-0.39, 0.29) is 38.2 Å². The monoisotopic (exact) mass is 426 g/mol. The normalized spacial score (nSPS) is 13.1. The molecule has 1 aromatic heterocycles. The summed E-state index contributed by atoms with van der Waals surface area (Å²) in [5.74, 6) is 0.579. The van der Waals surface area contributed by atoms with Gasteiger partial charge < -0.3 is 18.8 Å². The highest BCUT2D eigenvalue weighted by atomic mass is 32.1. The van der Waals surface area contributed by atoms with E-state index in [0.29, 0.717) is 16.3 Å². The highest BCUT2D eigenvalue weighted by Crippen LogP contribution is 2.37. The number of benzene rings is 2. The van der Waals surface area contributed by atoms with Gasteiger partial charge in [0, 0.05) is 12.1 Å². The fraction of sp³-hybridized carbons (Fsp3) is 0.318. The van der Waals surface area contributed by atoms with Crippen LogP contribution in [0.5, 0.6) is 11.5 Å². The van der Waals surface area contributed by atoms with Crippen LogP contribution in [0.4, 0.5) is 0 Å². The third-order valence-corrected chi connectivity index (χ3v) is 5.82. The van der Waals surface area contributed by atoms with Crippen molar-refractivity contribution in [1.29, 1.82) is 0 Å². The fourth-order valence-corrected chi connectivity index (χ4v) is 4.30. The van der Waals surface area contributed by atoms with Gasteiger partial charge in [-0.2, -0.15) is 4.99 Å². The van der Waals surface area contributed by atoms with Gasteiger partial charge in [-0.25, -0.2) is 0 Å². The minimum atomic E-state index is -0.390. The molecule has 3 aromatic rings. The van der Waals surface area contributed by atoms with E-state index >= 15 is 0 Å². The average molecular weight is 426 g/mol. The molecule has 1 aliphatic heterocycles. The zero-order valence-corrected chi connectivity index (χ0v) is 17.7. The van der Waals surface area contributed by atoms with Crippen molar-refractivity contribution in [1.82, 2.24) is 4.57 Å². The van der Waals surface area contributed by atoms with Gasteiger partial charge in [-0.15, -0.1) is 0 Å². The first kappa shape index (κ1) is 20.2. The molecule has 0 saturated heterocycles. The number of hydrogen-bond acceptors (Lipinski definition) is 6. The Hall–Kier alpha value is -3.13. The van der Waals surface area contributed by atoms with Gasteiger partial charge in [0.15, 0.2) is 16.3 Å². The Bertz CT molecular complexity index is 1160. The average Bonchev–Trinajstić information content (AvgIpc) is 3.31. The van der Waals surface area contributed by atoms with Crippen LogP contribution < -0.4 is 14.3 Å². The molecule has 0 bridgehead atoms. The number of amides is 1. The number of aryl methyl sites for hydroxylation is 1. The maximum absolute atomic E-state index is 12.6. The van der Waals surface area contributed by atoms with Gasteiger partial charge in [0.1, 0.15) is 6.54 Å². The van der Waals surface area contributed by atoms with Crippen LogP contribution in [0.1, 0.15) is 25.0 Å². The van der Waals surface area contributed by atoms with Gasteiger partial charge in [-0.1, -0.05) is 42.5 Å². The summed E-state index contributed by atoms with van der Waals surface area (Å²) >= 11 is 1.33. The summed E-state index contributed by atoms with van der Waals surface area (Å²) in [4.78, 5) is 29.5. The third kappa shape index (κ3) is 4.23. The second-order valence-electron chi connectivity index (χ2n) is 6.80. The molecule has 1 aliphatic rings. The molecule has 0 fully saturated rings. The molecule has 0 radical (unpaired) electrons. The van der Waals surface area contributed by atoms with Crippen LogP contribution >= 0.6 is 11.3 Å². The standard InChI is InChI=1S/C22H22N2O5S/c1-3-14-5-7-15(8-6-14)9-20(25)23-22-24(12-21(26)27-4-2)16-10-17-18(29-13-28-17)11-19(16)30-22/h5-8,10-11H,3-4,9,12-13H2,1-2H3. The zero-order chi connectivity index (χ0) is 21.1. The van der Waals surface area contributed by atoms with Crippen molar-refractivity contribution in [2.45, 2.75) is 33.2 Å². The van der Waals surface area contributed by atoms with Crippen molar-refractivity contribution < 1.29 is 23.8 Å². The van der Waals surface area contributed by atoms with Gasteiger partial charge in [0.25, 0.3) is 5.91 Å². The van der Waals surface area contributed by atoms with E-state index in [1.165, 1.54) is 16.9 Å². The lowest BCUT2D eigenvalue weighted by atomic mass is 10.1. The lowest BCUT2D eigenvalue weighted by Crippen LogP contribution is -2.23. The van der Waals surface area contributed by atoms with Crippen LogP contribution in [0, 0.1) is 0 Å². The van der Waals surface area contributed by atoms with Gasteiger partial charge in [0.2, 0.25) is 6.79 Å². The summed E-state index contributed by atoms with van der Waals surface area (Å²) in [7, 11) is 0. The molecule has 0 saturated carbocycles. The fourth-order valence-electron chi connectivity index (χ4n) is 3.25. The molecular weight excluding hydrogens is 404 g/mol. The Morgan fingerprint density at radius 2 is 1.80 bits per heavy atom. The highest BCUT2D eigenvalue weighted by Gasteiger charge is 2.19. The number of rotatable bonds is 6. The van der Waals surface area contributed by atoms with Crippen LogP contribution in [-0.2, 0) is 33.7 Å². The van der Waals surface area contributed by atoms with Crippen LogP contribution in [0.15, 0.2) is 41.4 Å². The molecule has 8 heteroatoms. The third-order valence-electron chi connectivity index (χ3n) is 4.78. The number of fused-ring (bicyclic) bond motifs is 2. The van der Waals surface area contributed by atoms with Crippen LogP contribution in [0.25, 0.3) is 10.2 Å². The van der Waals surface area contributed by atoms with E-state index in [2.05, 4.69) is 11.9 Å². The molecule has 0 atom stereocenters. The number of nitrogens with zero attached hydrogens (tertiary/aromatic N) is 2. The first-order valence-corrected chi connectivity index (χ1v) is 10.6. The predicted molar refractivity (Wildman–Crippen MR) is 113 cm³/mol. The van der Waals surface area contributed by atoms with E-state index in [1.54, 1.807) is 17.6 Å². The summed E-state index contributed by atoms with van der Waals surface area (Å²) in [6.07, 6.45) is 1.14. The Morgan fingerprint density at radius 1 is 1.10 bits per heavy atom. The van der Waals surface area contributed by atoms with Crippen molar-refractivity contribution in [3.05, 3.63) is 52.3 Å². The van der Waals surface area contributed by atoms with Gasteiger partial charge in [-0.05, 0) is 24.5 Å². The number of hydrogen-bond donors (Lipinski definition) is 0. The van der Waals surface area contributed by atoms with Gasteiger partial charge in [0.05, 0.1) is 23.2 Å². The minimum absolute atomic E-state index is 0.0369. The maximum Gasteiger partial charge on any atom is 0.326 e. The van der Waals surface area contributed by atoms with Gasteiger partial charge >= 0.3 is 5.97 Å². The lowest BCUT2D eigenvalue weighted by Gasteiger charge is -2.06. The first-order chi connectivity index (χ1) is 14.6. The largest absolute Gasteiger partial charge is 0.465 e. The second kappa shape index (κ2) is 8.71. The SMILES string of the molecule is CCOC(=O)Cn1c(=NC(=O)Cc2ccc(CC)cc2)sc2cc3c(cc21)OCO3. The molecular formula is C22H22N2O5S. The first-order valence-electron chi connectivity index (χ1n) is 9.81. The molecule has 0 unspecified atom stereocenters. The number of esters is 1. The van der Waals surface area contributed by atoms with Crippen LogP contribution in [0.2, 0.25) is 0 Å². The molecule has 7 nitrogen and oxygen atoms in total. The predicted octanol–water partition coefficient (Wildman–Crippen LogP) is 3.23. The highest BCUT2D eigenvalue weighted by molar-refractivity contribution is 7.16. The minimum Gasteiger partial charge on any atom is -0.465 e. The Morgan fingerprint density at radius 3 is 2.50 bits per heavy atom. The summed E-state index contributed by atoms with van der Waals surface area (Å²) in [5, 5.41) is 0. The van der Waals surface area contributed by atoms with Crippen LogP contribution in [-0.4, -0.2) is 29.8 Å². The Labute approximate surface area is 177 Å². The molecule has 0 spiro atoms. The van der Waals surface area contributed by atoms with Crippen molar-refractivity contribution in [3.63, 3.8) is 0 Å². The van der Waals surface area contributed by atoms with Gasteiger partial charge in [-0.3, -0.25) is 9.59 Å². The Kier molecular flexibility index (Phi) is 5.85. The van der Waals surface area contributed by atoms with Crippen molar-refractivity contribution in [3.8, 4) is 11.5 Å². The number of ether oxygens (including phenoxy) is 3. The van der Waals surface area contributed by atoms with E-state index in [1.807, 2.05) is 30.3 Å². The van der Waals surface area contributed by atoms with E-state index in [9.17, 15) is 9.59 Å². The quantitative estimate of drug-likeness (QED) is 0.566. The van der Waals surface area contributed by atoms with Crippen LogP contribution in [0.3, 0.4) is 0 Å². The van der Waals surface area contributed by atoms with Crippen molar-refractivity contribution in [2.75, 3.05) is 13.4 Å². The van der Waals surface area contributed by atoms with E-state index < -0.39 is 0 Å². The van der Waals surface area contributed by atoms with Crippen molar-refractivity contribution in [2.24, 2.45) is 4.99 Å². The summed E-state index contributed by atoms with van der Waals surface area (Å²) in [5.41, 5.74) is 2.87. The molecule has 30 heavy (non-hydrogen) atoms. The summed E-state index contributed by atoms with van der Waals surface area (Å²) in [6, 6.07) is 11.6. The molecule has 156 valence electrons. The second-order valence-corrected chi connectivity index (χ2v) is 7.81. The number of carbonyl (C=O) groups is 2.